The number of thiocarbonyl (C=S) groups is 1. The maximum Gasteiger partial charge on any atom is 0.341 e. The first kappa shape index (κ1) is 23.1. The molecule has 2 aromatic carbocycles. The highest BCUT2D eigenvalue weighted by atomic mass is 32.1. The van der Waals surface area contributed by atoms with Crippen LogP contribution in [-0.4, -0.2) is 53.9 Å². The molecule has 2 N–H and O–H groups in total. The summed E-state index contributed by atoms with van der Waals surface area (Å²) in [6, 6.07) is 17.2. The summed E-state index contributed by atoms with van der Waals surface area (Å²) < 4.78 is 5.39. The molecule has 0 aliphatic carbocycles. The van der Waals surface area contributed by atoms with E-state index in [1.807, 2.05) is 55.5 Å². The number of piperazine rings is 1. The first-order valence-electron chi connectivity index (χ1n) is 10.9. The summed E-state index contributed by atoms with van der Waals surface area (Å²) in [5.41, 5.74) is 3.22. The number of ether oxygens (including phenoxy) is 1. The highest BCUT2D eigenvalue weighted by molar-refractivity contribution is 7.80. The molecule has 0 spiro atoms. The van der Waals surface area contributed by atoms with E-state index in [9.17, 15) is 9.90 Å². The number of benzene rings is 2. The monoisotopic (exact) mass is 481 g/mol. The van der Waals surface area contributed by atoms with Gasteiger partial charge in [0, 0.05) is 36.6 Å². The predicted octanol–water partition coefficient (Wildman–Crippen LogP) is 5.12. The largest absolute Gasteiger partial charge is 0.506 e. The third-order valence-corrected chi connectivity index (χ3v) is 7.02. The van der Waals surface area contributed by atoms with Gasteiger partial charge in [-0.3, -0.25) is 0 Å². The Morgan fingerprint density at radius 1 is 1.09 bits per heavy atom. The zero-order valence-electron chi connectivity index (χ0n) is 18.7. The van der Waals surface area contributed by atoms with E-state index in [1.54, 1.807) is 13.0 Å². The fourth-order valence-corrected chi connectivity index (χ4v) is 5.45. The van der Waals surface area contributed by atoms with Gasteiger partial charge in [0.1, 0.15) is 16.3 Å². The standard InChI is InChI=1S/C25H27N3O3S2/c1-3-31-24(30)22-21(18-9-5-4-6-10-18)17(2)33-23(22)26-25(32)28-15-13-27(14-16-28)19-11-7-8-12-20(19)29/h4-12,29H,3,13-16H2,1-2H3,(H,26,32). The van der Waals surface area contributed by atoms with Crippen molar-refractivity contribution in [3.63, 3.8) is 0 Å². The van der Waals surface area contributed by atoms with Gasteiger partial charge in [-0.25, -0.2) is 4.79 Å². The number of hydrogen-bond acceptors (Lipinski definition) is 6. The van der Waals surface area contributed by atoms with E-state index >= 15 is 0 Å². The number of phenols is 1. The molecule has 1 saturated heterocycles. The van der Waals surface area contributed by atoms with E-state index < -0.39 is 0 Å². The van der Waals surface area contributed by atoms with E-state index in [0.717, 1.165) is 34.8 Å². The van der Waals surface area contributed by atoms with Gasteiger partial charge in [-0.05, 0) is 43.8 Å². The molecule has 0 atom stereocenters. The summed E-state index contributed by atoms with van der Waals surface area (Å²) in [5, 5.41) is 14.8. The first-order valence-corrected chi connectivity index (χ1v) is 12.2. The van der Waals surface area contributed by atoms with Gasteiger partial charge < -0.3 is 25.0 Å². The van der Waals surface area contributed by atoms with Crippen molar-refractivity contribution in [2.24, 2.45) is 0 Å². The molecule has 0 saturated carbocycles. The van der Waals surface area contributed by atoms with Crippen LogP contribution in [0, 0.1) is 6.92 Å². The third-order valence-electron chi connectivity index (χ3n) is 5.64. The van der Waals surface area contributed by atoms with Crippen LogP contribution in [-0.2, 0) is 4.74 Å². The summed E-state index contributed by atoms with van der Waals surface area (Å²) in [5.74, 6) is -0.0661. The van der Waals surface area contributed by atoms with E-state index in [1.165, 1.54) is 11.3 Å². The fraction of sp³-hybridized carbons (Fsp3) is 0.280. The van der Waals surface area contributed by atoms with E-state index in [2.05, 4.69) is 15.1 Å². The zero-order valence-corrected chi connectivity index (χ0v) is 20.3. The Labute approximate surface area is 203 Å². The molecule has 1 aliphatic rings. The lowest BCUT2D eigenvalue weighted by Crippen LogP contribution is -2.50. The van der Waals surface area contributed by atoms with Crippen LogP contribution >= 0.6 is 23.6 Å². The summed E-state index contributed by atoms with van der Waals surface area (Å²) >= 11 is 7.23. The predicted molar refractivity (Wildman–Crippen MR) is 139 cm³/mol. The molecule has 3 aromatic rings. The number of para-hydroxylation sites is 2. The maximum absolute atomic E-state index is 12.9. The van der Waals surface area contributed by atoms with Crippen molar-refractivity contribution in [3.05, 3.63) is 65.0 Å². The molecule has 172 valence electrons. The molecule has 0 unspecified atom stereocenters. The van der Waals surface area contributed by atoms with Crippen LogP contribution in [0.2, 0.25) is 0 Å². The Kier molecular flexibility index (Phi) is 7.15. The van der Waals surface area contributed by atoms with Crippen LogP contribution in [0.3, 0.4) is 0 Å². The van der Waals surface area contributed by atoms with Crippen molar-refractivity contribution < 1.29 is 14.6 Å². The van der Waals surface area contributed by atoms with E-state index in [-0.39, 0.29) is 11.7 Å². The molecule has 33 heavy (non-hydrogen) atoms. The summed E-state index contributed by atoms with van der Waals surface area (Å²) in [6.07, 6.45) is 0. The van der Waals surface area contributed by atoms with E-state index in [0.29, 0.717) is 35.4 Å². The second-order valence-corrected chi connectivity index (χ2v) is 9.33. The second-order valence-electron chi connectivity index (χ2n) is 7.72. The van der Waals surface area contributed by atoms with Gasteiger partial charge in [0.25, 0.3) is 0 Å². The second kappa shape index (κ2) is 10.2. The molecular weight excluding hydrogens is 454 g/mol. The lowest BCUT2D eigenvalue weighted by molar-refractivity contribution is 0.0529. The minimum absolute atomic E-state index is 0.285. The number of carbonyl (C=O) groups is 1. The van der Waals surface area contributed by atoms with Gasteiger partial charge in [0.2, 0.25) is 0 Å². The Morgan fingerprint density at radius 2 is 1.76 bits per heavy atom. The molecule has 1 aliphatic heterocycles. The molecule has 1 fully saturated rings. The SMILES string of the molecule is CCOC(=O)c1c(NC(=S)N2CCN(c3ccccc3O)CC2)sc(C)c1-c1ccccc1. The Bertz CT molecular complexity index is 1140. The average molecular weight is 482 g/mol. The molecule has 0 bridgehead atoms. The Balaban J connectivity index is 1.52. The van der Waals surface area contributed by atoms with Crippen LogP contribution in [0.4, 0.5) is 10.7 Å². The lowest BCUT2D eigenvalue weighted by Gasteiger charge is -2.37. The van der Waals surface area contributed by atoms with Gasteiger partial charge in [-0.2, -0.15) is 0 Å². The van der Waals surface area contributed by atoms with Crippen molar-refractivity contribution in [3.8, 4) is 16.9 Å². The topological polar surface area (TPSA) is 65.0 Å². The molecule has 1 aromatic heterocycles. The van der Waals surface area contributed by atoms with Crippen LogP contribution < -0.4 is 10.2 Å². The molecule has 0 radical (unpaired) electrons. The number of aryl methyl sites for hydroxylation is 1. The van der Waals surface area contributed by atoms with Crippen LogP contribution in [0.15, 0.2) is 54.6 Å². The Hall–Kier alpha value is -3.10. The third kappa shape index (κ3) is 4.96. The molecule has 0 amide bonds. The number of hydrogen-bond donors (Lipinski definition) is 2. The van der Waals surface area contributed by atoms with Gasteiger partial charge in [0.15, 0.2) is 5.11 Å². The Morgan fingerprint density at radius 3 is 2.42 bits per heavy atom. The van der Waals surface area contributed by atoms with Gasteiger partial charge in [-0.1, -0.05) is 42.5 Å². The normalized spacial score (nSPS) is 13.6. The number of phenolic OH excluding ortho intramolecular Hbond substituents is 1. The minimum Gasteiger partial charge on any atom is -0.506 e. The summed E-state index contributed by atoms with van der Waals surface area (Å²) in [4.78, 5) is 18.2. The molecule has 4 rings (SSSR count). The quantitative estimate of drug-likeness (QED) is 0.387. The van der Waals surface area contributed by atoms with Crippen molar-refractivity contribution in [2.75, 3.05) is 43.0 Å². The fourth-order valence-electron chi connectivity index (χ4n) is 4.04. The lowest BCUT2D eigenvalue weighted by atomic mass is 10.0. The van der Waals surface area contributed by atoms with Gasteiger partial charge in [0.05, 0.1) is 12.3 Å². The number of anilines is 2. The molecule has 6 nitrogen and oxygen atoms in total. The van der Waals surface area contributed by atoms with Crippen molar-refractivity contribution in [2.45, 2.75) is 13.8 Å². The summed E-state index contributed by atoms with van der Waals surface area (Å²) in [7, 11) is 0. The van der Waals surface area contributed by atoms with Gasteiger partial charge >= 0.3 is 5.97 Å². The number of esters is 1. The smallest absolute Gasteiger partial charge is 0.341 e. The average Bonchev–Trinajstić information content (AvgIpc) is 3.15. The summed E-state index contributed by atoms with van der Waals surface area (Å²) in [6.45, 7) is 7.03. The van der Waals surface area contributed by atoms with Crippen molar-refractivity contribution >= 4 is 45.3 Å². The van der Waals surface area contributed by atoms with Crippen molar-refractivity contribution in [1.82, 2.24) is 4.90 Å². The number of aromatic hydroxyl groups is 1. The number of rotatable bonds is 5. The molecular formula is C25H27N3O3S2. The van der Waals surface area contributed by atoms with Crippen LogP contribution in [0.25, 0.3) is 11.1 Å². The number of nitrogens with zero attached hydrogens (tertiary/aromatic N) is 2. The number of nitrogens with one attached hydrogen (secondary N) is 1. The molecule has 8 heteroatoms. The van der Waals surface area contributed by atoms with Crippen LogP contribution in [0.5, 0.6) is 5.75 Å². The minimum atomic E-state index is -0.352. The first-order chi connectivity index (χ1) is 16.0. The zero-order chi connectivity index (χ0) is 23.4. The van der Waals surface area contributed by atoms with Crippen molar-refractivity contribution in [1.29, 1.82) is 0 Å². The van der Waals surface area contributed by atoms with E-state index in [4.69, 9.17) is 17.0 Å². The van der Waals surface area contributed by atoms with Crippen LogP contribution in [0.1, 0.15) is 22.2 Å². The highest BCUT2D eigenvalue weighted by Gasteiger charge is 2.27. The highest BCUT2D eigenvalue weighted by Crippen LogP contribution is 2.40. The van der Waals surface area contributed by atoms with Gasteiger partial charge in [-0.15, -0.1) is 11.3 Å². The molecule has 2 heterocycles. The number of thiophene rings is 1. The number of carbonyl (C=O) groups excluding carboxylic acids is 1. The maximum atomic E-state index is 12.9.